The summed E-state index contributed by atoms with van der Waals surface area (Å²) in [5.41, 5.74) is 2.28. The van der Waals surface area contributed by atoms with Gasteiger partial charge in [0.15, 0.2) is 0 Å². The van der Waals surface area contributed by atoms with Gasteiger partial charge in [-0.05, 0) is 31.5 Å². The van der Waals surface area contributed by atoms with Gasteiger partial charge in [-0.15, -0.1) is 0 Å². The van der Waals surface area contributed by atoms with Gasteiger partial charge in [-0.25, -0.2) is 9.97 Å². The fourth-order valence-corrected chi connectivity index (χ4v) is 2.75. The fourth-order valence-electron chi connectivity index (χ4n) is 2.75. The molecule has 2 aromatic heterocycles. The summed E-state index contributed by atoms with van der Waals surface area (Å²) in [6.45, 7) is 5.31. The van der Waals surface area contributed by atoms with Crippen LogP contribution in [0.25, 0.3) is 0 Å². The average Bonchev–Trinajstić information content (AvgIpc) is 2.94. The number of hydrogen-bond acceptors (Lipinski definition) is 5. The highest BCUT2D eigenvalue weighted by atomic mass is 15.2. The van der Waals surface area contributed by atoms with E-state index in [2.05, 4.69) is 37.3 Å². The van der Waals surface area contributed by atoms with Crippen molar-refractivity contribution in [2.75, 3.05) is 25.0 Å². The second kappa shape index (κ2) is 6.63. The van der Waals surface area contributed by atoms with Gasteiger partial charge in [-0.3, -0.25) is 4.98 Å². The number of aryl methyl sites for hydroxylation is 1. The Labute approximate surface area is 125 Å². The minimum atomic E-state index is 0.477. The molecule has 2 aromatic rings. The van der Waals surface area contributed by atoms with Crippen LogP contribution in [0.2, 0.25) is 0 Å². The van der Waals surface area contributed by atoms with Crippen molar-refractivity contribution in [3.63, 3.8) is 0 Å². The molecule has 0 aromatic carbocycles. The van der Waals surface area contributed by atoms with Crippen LogP contribution >= 0.6 is 0 Å². The third-order valence-electron chi connectivity index (χ3n) is 3.84. The van der Waals surface area contributed by atoms with Crippen molar-refractivity contribution in [1.29, 1.82) is 0 Å². The number of rotatable bonds is 5. The molecule has 3 heterocycles. The van der Waals surface area contributed by atoms with Crippen molar-refractivity contribution < 1.29 is 0 Å². The van der Waals surface area contributed by atoms with Crippen LogP contribution in [0.3, 0.4) is 0 Å². The molecule has 1 aliphatic heterocycles. The molecule has 3 rings (SSSR count). The van der Waals surface area contributed by atoms with Crippen molar-refractivity contribution in [3.8, 4) is 0 Å². The third-order valence-corrected chi connectivity index (χ3v) is 3.84. The number of hydrogen-bond donors (Lipinski definition) is 1. The van der Waals surface area contributed by atoms with Gasteiger partial charge in [-0.2, -0.15) is 0 Å². The van der Waals surface area contributed by atoms with Gasteiger partial charge in [0, 0.05) is 49.7 Å². The Morgan fingerprint density at radius 2 is 2.29 bits per heavy atom. The van der Waals surface area contributed by atoms with E-state index in [1.807, 2.05) is 19.1 Å². The second-order valence-electron chi connectivity index (χ2n) is 5.55. The predicted molar refractivity (Wildman–Crippen MR) is 83.2 cm³/mol. The van der Waals surface area contributed by atoms with Crippen LogP contribution in [0.15, 0.2) is 36.8 Å². The van der Waals surface area contributed by atoms with Gasteiger partial charge in [0.2, 0.25) is 0 Å². The Bertz CT molecular complexity index is 572. The molecule has 110 valence electrons. The Morgan fingerprint density at radius 3 is 3.10 bits per heavy atom. The molecule has 5 heteroatoms. The quantitative estimate of drug-likeness (QED) is 0.908. The van der Waals surface area contributed by atoms with Gasteiger partial charge in [0.1, 0.15) is 12.1 Å². The Hall–Kier alpha value is -2.01. The molecule has 1 unspecified atom stereocenters. The lowest BCUT2D eigenvalue weighted by molar-refractivity contribution is 0.339. The van der Waals surface area contributed by atoms with E-state index in [0.717, 1.165) is 44.0 Å². The third kappa shape index (κ3) is 3.98. The van der Waals surface area contributed by atoms with E-state index in [1.54, 1.807) is 12.5 Å². The van der Waals surface area contributed by atoms with Gasteiger partial charge in [-0.1, -0.05) is 6.07 Å². The van der Waals surface area contributed by atoms with Gasteiger partial charge >= 0.3 is 0 Å². The Balaban J connectivity index is 1.46. The minimum absolute atomic E-state index is 0.477. The van der Waals surface area contributed by atoms with Crippen LogP contribution in [-0.2, 0) is 6.42 Å². The summed E-state index contributed by atoms with van der Waals surface area (Å²) in [6, 6.07) is 8.63. The van der Waals surface area contributed by atoms with Crippen molar-refractivity contribution in [3.05, 3.63) is 48.2 Å². The summed E-state index contributed by atoms with van der Waals surface area (Å²) in [6.07, 6.45) is 5.52. The van der Waals surface area contributed by atoms with Gasteiger partial charge in [0.05, 0.1) is 0 Å². The highest BCUT2D eigenvalue weighted by molar-refractivity contribution is 5.33. The predicted octanol–water partition coefficient (Wildman–Crippen LogP) is 1.91. The van der Waals surface area contributed by atoms with Crippen molar-refractivity contribution in [1.82, 2.24) is 19.9 Å². The first-order chi connectivity index (χ1) is 10.3. The summed E-state index contributed by atoms with van der Waals surface area (Å²) >= 11 is 0. The number of nitrogens with zero attached hydrogens (tertiary/aromatic N) is 4. The summed E-state index contributed by atoms with van der Waals surface area (Å²) in [5.74, 6) is 0.914. The van der Waals surface area contributed by atoms with E-state index in [1.165, 1.54) is 5.69 Å². The molecule has 1 N–H and O–H groups in total. The summed E-state index contributed by atoms with van der Waals surface area (Å²) < 4.78 is 0. The summed E-state index contributed by atoms with van der Waals surface area (Å²) in [4.78, 5) is 15.2. The summed E-state index contributed by atoms with van der Waals surface area (Å²) in [5, 5.41) is 3.47. The Kier molecular flexibility index (Phi) is 4.40. The molecular formula is C16H21N5. The maximum absolute atomic E-state index is 4.56. The normalized spacial score (nSPS) is 18.8. The molecule has 0 saturated carbocycles. The molecule has 0 spiro atoms. The first-order valence-electron chi connectivity index (χ1n) is 7.47. The number of likely N-dealkylation sites (tertiary alicyclic amines) is 1. The van der Waals surface area contributed by atoms with Crippen LogP contribution in [0.1, 0.15) is 17.8 Å². The topological polar surface area (TPSA) is 53.9 Å². The zero-order chi connectivity index (χ0) is 14.5. The molecule has 0 aliphatic carbocycles. The Morgan fingerprint density at radius 1 is 1.33 bits per heavy atom. The zero-order valence-electron chi connectivity index (χ0n) is 12.4. The lowest BCUT2D eigenvalue weighted by Gasteiger charge is -2.16. The van der Waals surface area contributed by atoms with Crippen LogP contribution in [-0.4, -0.2) is 45.5 Å². The molecule has 1 aliphatic rings. The molecule has 0 bridgehead atoms. The fraction of sp³-hybridized carbons (Fsp3) is 0.438. The standard InChI is InChI=1S/C16H21N5/c1-13-3-2-4-14(19-13)6-9-21-10-7-15(11-21)20-16-5-8-17-12-18-16/h2-5,8,12,15H,6-7,9-11H2,1H3,(H,17,18,20). The molecule has 1 atom stereocenters. The number of pyridine rings is 1. The molecule has 1 fully saturated rings. The maximum Gasteiger partial charge on any atom is 0.129 e. The van der Waals surface area contributed by atoms with Crippen LogP contribution in [0, 0.1) is 6.92 Å². The lowest BCUT2D eigenvalue weighted by atomic mass is 10.2. The number of aromatic nitrogens is 3. The first-order valence-corrected chi connectivity index (χ1v) is 7.47. The molecule has 21 heavy (non-hydrogen) atoms. The second-order valence-corrected chi connectivity index (χ2v) is 5.55. The van der Waals surface area contributed by atoms with E-state index in [9.17, 15) is 0 Å². The number of nitrogens with one attached hydrogen (secondary N) is 1. The largest absolute Gasteiger partial charge is 0.366 e. The van der Waals surface area contributed by atoms with E-state index in [0.29, 0.717) is 6.04 Å². The smallest absolute Gasteiger partial charge is 0.129 e. The van der Waals surface area contributed by atoms with E-state index in [4.69, 9.17) is 0 Å². The maximum atomic E-state index is 4.56. The molecule has 0 amide bonds. The lowest BCUT2D eigenvalue weighted by Crippen LogP contribution is -2.28. The van der Waals surface area contributed by atoms with Crippen LogP contribution in [0.4, 0.5) is 5.82 Å². The van der Waals surface area contributed by atoms with Gasteiger partial charge < -0.3 is 10.2 Å². The van der Waals surface area contributed by atoms with Gasteiger partial charge in [0.25, 0.3) is 0 Å². The van der Waals surface area contributed by atoms with Crippen molar-refractivity contribution in [2.45, 2.75) is 25.8 Å². The molecule has 5 nitrogen and oxygen atoms in total. The zero-order valence-corrected chi connectivity index (χ0v) is 12.4. The number of anilines is 1. The SMILES string of the molecule is Cc1cccc(CCN2CCC(Nc3ccncn3)C2)n1. The molecule has 1 saturated heterocycles. The highest BCUT2D eigenvalue weighted by Crippen LogP contribution is 2.14. The average molecular weight is 283 g/mol. The minimum Gasteiger partial charge on any atom is -0.366 e. The van der Waals surface area contributed by atoms with E-state index >= 15 is 0 Å². The summed E-state index contributed by atoms with van der Waals surface area (Å²) in [7, 11) is 0. The molecular weight excluding hydrogens is 262 g/mol. The molecule has 0 radical (unpaired) electrons. The highest BCUT2D eigenvalue weighted by Gasteiger charge is 2.22. The van der Waals surface area contributed by atoms with Crippen molar-refractivity contribution >= 4 is 5.82 Å². The van der Waals surface area contributed by atoms with E-state index in [-0.39, 0.29) is 0 Å². The van der Waals surface area contributed by atoms with Crippen LogP contribution < -0.4 is 5.32 Å². The van der Waals surface area contributed by atoms with Crippen LogP contribution in [0.5, 0.6) is 0 Å². The first kappa shape index (κ1) is 13.9. The monoisotopic (exact) mass is 283 g/mol. The van der Waals surface area contributed by atoms with Crippen molar-refractivity contribution in [2.24, 2.45) is 0 Å². The van der Waals surface area contributed by atoms with E-state index < -0.39 is 0 Å².